The fraction of sp³-hybridized carbons (Fsp3) is 0.533. The molecule has 1 aliphatic heterocycles. The summed E-state index contributed by atoms with van der Waals surface area (Å²) < 4.78 is 5.97. The van der Waals surface area contributed by atoms with Crippen LogP contribution >= 0.6 is 12.2 Å². The highest BCUT2D eigenvalue weighted by molar-refractivity contribution is 7.80. The van der Waals surface area contributed by atoms with Gasteiger partial charge < -0.3 is 9.64 Å². The lowest BCUT2D eigenvalue weighted by molar-refractivity contribution is 0.210. The van der Waals surface area contributed by atoms with Gasteiger partial charge in [-0.25, -0.2) is 0 Å². The molecule has 0 radical (unpaired) electrons. The average molecular weight is 289 g/mol. The Morgan fingerprint density at radius 3 is 2.60 bits per heavy atom. The molecule has 5 heteroatoms. The van der Waals surface area contributed by atoms with Gasteiger partial charge in [0, 0.05) is 6.54 Å². The molecule has 106 valence electrons. The van der Waals surface area contributed by atoms with Gasteiger partial charge in [0.25, 0.3) is 0 Å². The van der Waals surface area contributed by atoms with E-state index < -0.39 is 0 Å². The van der Waals surface area contributed by atoms with Gasteiger partial charge in [-0.15, -0.1) is 5.11 Å². The van der Waals surface area contributed by atoms with Gasteiger partial charge in [-0.2, -0.15) is 5.11 Å². The number of nitrogens with zero attached hydrogens (tertiary/aromatic N) is 3. The van der Waals surface area contributed by atoms with Crippen molar-refractivity contribution in [1.29, 1.82) is 0 Å². The van der Waals surface area contributed by atoms with E-state index in [1.807, 2.05) is 17.0 Å². The second-order valence-electron chi connectivity index (χ2n) is 5.25. The van der Waals surface area contributed by atoms with Crippen molar-refractivity contribution < 1.29 is 4.74 Å². The van der Waals surface area contributed by atoms with Crippen molar-refractivity contribution in [2.45, 2.75) is 44.9 Å². The molecule has 20 heavy (non-hydrogen) atoms. The Bertz CT molecular complexity index is 508. The molecule has 1 aromatic carbocycles. The summed E-state index contributed by atoms with van der Waals surface area (Å²) in [4.78, 5) is 2.02. The van der Waals surface area contributed by atoms with Crippen LogP contribution in [0.3, 0.4) is 0 Å². The molecule has 0 amide bonds. The minimum Gasteiger partial charge on any atom is -0.490 e. The number of hydrogen-bond acceptors (Lipinski definition) is 3. The van der Waals surface area contributed by atoms with Gasteiger partial charge in [-0.1, -0.05) is 12.1 Å². The molecule has 0 bridgehead atoms. The van der Waals surface area contributed by atoms with E-state index in [1.54, 1.807) is 0 Å². The standard InChI is InChI=1S/C15H19N3OS/c1-2-18-14(16-17-15(18)20)11-7-9-13(10-8-11)19-12-5-3-4-6-12/h7-10,12,14H,2-6H2,1H3. The highest BCUT2D eigenvalue weighted by Crippen LogP contribution is 2.30. The third-order valence-corrected chi connectivity index (χ3v) is 4.23. The molecule has 1 unspecified atom stereocenters. The SMILES string of the molecule is CCN1C(=S)N=NC1c1ccc(OC2CCCC2)cc1. The molecule has 2 aliphatic rings. The van der Waals surface area contributed by atoms with Crippen molar-refractivity contribution in [1.82, 2.24) is 4.90 Å². The van der Waals surface area contributed by atoms with Crippen molar-refractivity contribution in [3.05, 3.63) is 29.8 Å². The monoisotopic (exact) mass is 289 g/mol. The predicted octanol–water partition coefficient (Wildman–Crippen LogP) is 4.08. The van der Waals surface area contributed by atoms with Crippen molar-refractivity contribution in [3.63, 3.8) is 0 Å². The van der Waals surface area contributed by atoms with Crippen molar-refractivity contribution in [2.75, 3.05) is 6.54 Å². The van der Waals surface area contributed by atoms with Gasteiger partial charge in [0.1, 0.15) is 5.75 Å². The summed E-state index contributed by atoms with van der Waals surface area (Å²) in [6.45, 7) is 2.88. The fourth-order valence-electron chi connectivity index (χ4n) is 2.80. The van der Waals surface area contributed by atoms with Gasteiger partial charge in [0.2, 0.25) is 5.11 Å². The third kappa shape index (κ3) is 2.68. The first-order valence-electron chi connectivity index (χ1n) is 7.26. The number of ether oxygens (including phenoxy) is 1. The molecule has 0 N–H and O–H groups in total. The zero-order chi connectivity index (χ0) is 13.9. The molecule has 1 saturated carbocycles. The third-order valence-electron chi connectivity index (χ3n) is 3.92. The van der Waals surface area contributed by atoms with Gasteiger partial charge >= 0.3 is 0 Å². The van der Waals surface area contributed by atoms with Gasteiger partial charge in [-0.3, -0.25) is 0 Å². The molecule has 4 nitrogen and oxygen atoms in total. The summed E-state index contributed by atoms with van der Waals surface area (Å²) in [7, 11) is 0. The van der Waals surface area contributed by atoms with E-state index in [2.05, 4.69) is 29.3 Å². The molecule has 0 aromatic heterocycles. The summed E-state index contributed by atoms with van der Waals surface area (Å²) >= 11 is 5.18. The second-order valence-corrected chi connectivity index (χ2v) is 5.62. The smallest absolute Gasteiger partial charge is 0.218 e. The van der Waals surface area contributed by atoms with Crippen LogP contribution in [0.2, 0.25) is 0 Å². The molecular formula is C15H19N3OS. The number of hydrogen-bond donors (Lipinski definition) is 0. The quantitative estimate of drug-likeness (QED) is 0.784. The average Bonchev–Trinajstić information content (AvgIpc) is 3.09. The van der Waals surface area contributed by atoms with E-state index in [1.165, 1.54) is 25.7 Å². The number of rotatable bonds is 4. The molecule has 3 rings (SSSR count). The van der Waals surface area contributed by atoms with Crippen molar-refractivity contribution in [2.24, 2.45) is 10.2 Å². The van der Waals surface area contributed by atoms with Gasteiger partial charge in [0.15, 0.2) is 6.17 Å². The van der Waals surface area contributed by atoms with Crippen molar-refractivity contribution >= 4 is 17.3 Å². The fourth-order valence-corrected chi connectivity index (χ4v) is 3.08. The van der Waals surface area contributed by atoms with Crippen LogP contribution in [0, 0.1) is 0 Å². The first-order valence-corrected chi connectivity index (χ1v) is 7.67. The van der Waals surface area contributed by atoms with Crippen LogP contribution in [-0.2, 0) is 0 Å². The zero-order valence-electron chi connectivity index (χ0n) is 11.7. The molecule has 1 heterocycles. The normalized spacial score (nSPS) is 22.8. The summed E-state index contributed by atoms with van der Waals surface area (Å²) in [5.74, 6) is 0.946. The lowest BCUT2D eigenvalue weighted by Crippen LogP contribution is -2.26. The van der Waals surface area contributed by atoms with E-state index >= 15 is 0 Å². The van der Waals surface area contributed by atoms with Crippen LogP contribution < -0.4 is 4.74 Å². The topological polar surface area (TPSA) is 37.2 Å². The van der Waals surface area contributed by atoms with E-state index in [4.69, 9.17) is 17.0 Å². The summed E-state index contributed by atoms with van der Waals surface area (Å²) in [5, 5.41) is 8.82. The highest BCUT2D eigenvalue weighted by atomic mass is 32.1. The summed E-state index contributed by atoms with van der Waals surface area (Å²) in [6, 6.07) is 8.17. The Balaban J connectivity index is 1.69. The minimum absolute atomic E-state index is 0.0759. The van der Waals surface area contributed by atoms with Crippen LogP contribution in [0.5, 0.6) is 5.75 Å². The predicted molar refractivity (Wildman–Crippen MR) is 81.9 cm³/mol. The first kappa shape index (κ1) is 13.5. The molecule has 0 saturated heterocycles. The lowest BCUT2D eigenvalue weighted by atomic mass is 10.1. The lowest BCUT2D eigenvalue weighted by Gasteiger charge is -2.21. The summed E-state index contributed by atoms with van der Waals surface area (Å²) in [5.41, 5.74) is 1.11. The molecule has 1 atom stereocenters. The molecule has 1 fully saturated rings. The Labute approximate surface area is 124 Å². The Morgan fingerprint density at radius 2 is 1.95 bits per heavy atom. The van der Waals surface area contributed by atoms with Gasteiger partial charge in [-0.05, 0) is 62.5 Å². The Kier molecular flexibility index (Phi) is 3.96. The molecule has 1 aromatic rings. The molecule has 0 spiro atoms. The van der Waals surface area contributed by atoms with Crippen LogP contribution in [-0.4, -0.2) is 22.7 Å². The van der Waals surface area contributed by atoms with E-state index in [0.717, 1.165) is 17.9 Å². The summed E-state index contributed by atoms with van der Waals surface area (Å²) in [6.07, 6.45) is 5.24. The van der Waals surface area contributed by atoms with Crippen LogP contribution in [0.4, 0.5) is 0 Å². The Morgan fingerprint density at radius 1 is 1.25 bits per heavy atom. The first-order chi connectivity index (χ1) is 9.78. The van der Waals surface area contributed by atoms with Crippen molar-refractivity contribution in [3.8, 4) is 5.75 Å². The van der Waals surface area contributed by atoms with E-state index in [0.29, 0.717) is 11.2 Å². The molecular weight excluding hydrogens is 270 g/mol. The second kappa shape index (κ2) is 5.87. The van der Waals surface area contributed by atoms with E-state index in [9.17, 15) is 0 Å². The maximum atomic E-state index is 5.97. The van der Waals surface area contributed by atoms with Crippen LogP contribution in [0.1, 0.15) is 44.3 Å². The maximum Gasteiger partial charge on any atom is 0.218 e. The van der Waals surface area contributed by atoms with Crippen LogP contribution in [0.25, 0.3) is 0 Å². The number of azo groups is 1. The zero-order valence-corrected chi connectivity index (χ0v) is 12.5. The maximum absolute atomic E-state index is 5.97. The number of benzene rings is 1. The van der Waals surface area contributed by atoms with E-state index in [-0.39, 0.29) is 6.17 Å². The number of thiocarbonyl (C=S) groups is 1. The largest absolute Gasteiger partial charge is 0.490 e. The molecule has 1 aliphatic carbocycles. The highest BCUT2D eigenvalue weighted by Gasteiger charge is 2.26. The van der Waals surface area contributed by atoms with Crippen LogP contribution in [0.15, 0.2) is 34.5 Å². The Hall–Kier alpha value is -1.49. The minimum atomic E-state index is -0.0759. The van der Waals surface area contributed by atoms with Gasteiger partial charge in [0.05, 0.1) is 6.10 Å².